The summed E-state index contributed by atoms with van der Waals surface area (Å²) in [6.45, 7) is 7.48. The molecule has 0 saturated carbocycles. The van der Waals surface area contributed by atoms with Gasteiger partial charge in [-0.25, -0.2) is 0 Å². The van der Waals surface area contributed by atoms with E-state index in [2.05, 4.69) is 66.3 Å². The van der Waals surface area contributed by atoms with Crippen LogP contribution >= 0.6 is 15.9 Å². The van der Waals surface area contributed by atoms with Gasteiger partial charge in [-0.15, -0.1) is 0 Å². The molecule has 1 atom stereocenters. The van der Waals surface area contributed by atoms with Crippen LogP contribution in [0.2, 0.25) is 0 Å². The predicted octanol–water partition coefficient (Wildman–Crippen LogP) is 4.43. The second-order valence-corrected chi connectivity index (χ2v) is 6.30. The summed E-state index contributed by atoms with van der Waals surface area (Å²) in [5.41, 5.74) is 1.43. The zero-order valence-electron chi connectivity index (χ0n) is 11.3. The summed E-state index contributed by atoms with van der Waals surface area (Å²) < 4.78 is 1.14. The summed E-state index contributed by atoms with van der Waals surface area (Å²) in [6, 6.07) is 10.8. The lowest BCUT2D eigenvalue weighted by Gasteiger charge is -2.27. The third-order valence-corrected chi connectivity index (χ3v) is 3.89. The molecule has 0 heterocycles. The van der Waals surface area contributed by atoms with Gasteiger partial charge >= 0.3 is 0 Å². The standard InChI is InChI=1S/C15H21BrN2/c1-12(13-7-4-5-8-14(13)16)18-11-15(2,3)9-6-10-17/h4-5,7-8,12,18H,6,9,11H2,1-3H3/t12-/m0/s1. The maximum atomic E-state index is 8.64. The van der Waals surface area contributed by atoms with Crippen LogP contribution in [-0.4, -0.2) is 6.54 Å². The second kappa shape index (κ2) is 6.92. The van der Waals surface area contributed by atoms with Gasteiger partial charge in [0.05, 0.1) is 6.07 Å². The van der Waals surface area contributed by atoms with Crippen molar-refractivity contribution in [2.75, 3.05) is 6.54 Å². The third kappa shape index (κ3) is 4.80. The highest BCUT2D eigenvalue weighted by Gasteiger charge is 2.19. The van der Waals surface area contributed by atoms with E-state index in [-0.39, 0.29) is 5.41 Å². The molecule has 0 amide bonds. The Labute approximate surface area is 119 Å². The van der Waals surface area contributed by atoms with Crippen molar-refractivity contribution < 1.29 is 0 Å². The second-order valence-electron chi connectivity index (χ2n) is 5.45. The van der Waals surface area contributed by atoms with Gasteiger partial charge in [-0.3, -0.25) is 0 Å². The van der Waals surface area contributed by atoms with Gasteiger partial charge in [0.15, 0.2) is 0 Å². The van der Waals surface area contributed by atoms with Crippen LogP contribution in [-0.2, 0) is 0 Å². The molecule has 0 aliphatic rings. The van der Waals surface area contributed by atoms with Crippen LogP contribution in [0.25, 0.3) is 0 Å². The Morgan fingerprint density at radius 2 is 2.06 bits per heavy atom. The molecule has 0 aliphatic carbocycles. The zero-order valence-corrected chi connectivity index (χ0v) is 12.9. The van der Waals surface area contributed by atoms with Gasteiger partial charge in [0.2, 0.25) is 0 Å². The van der Waals surface area contributed by atoms with Crippen LogP contribution in [0, 0.1) is 16.7 Å². The van der Waals surface area contributed by atoms with Crippen LogP contribution in [0.15, 0.2) is 28.7 Å². The van der Waals surface area contributed by atoms with Crippen molar-refractivity contribution in [3.8, 4) is 6.07 Å². The maximum Gasteiger partial charge on any atom is 0.0621 e. The van der Waals surface area contributed by atoms with Crippen molar-refractivity contribution >= 4 is 15.9 Å². The molecule has 0 saturated heterocycles. The molecule has 1 aromatic carbocycles. The van der Waals surface area contributed by atoms with E-state index in [1.54, 1.807) is 0 Å². The summed E-state index contributed by atoms with van der Waals surface area (Å²) in [4.78, 5) is 0. The fourth-order valence-corrected chi connectivity index (χ4v) is 2.48. The molecule has 1 aromatic rings. The van der Waals surface area contributed by atoms with Gasteiger partial charge in [0.25, 0.3) is 0 Å². The summed E-state index contributed by atoms with van der Waals surface area (Å²) in [7, 11) is 0. The lowest BCUT2D eigenvalue weighted by atomic mass is 9.87. The number of nitriles is 1. The first-order chi connectivity index (χ1) is 8.46. The Bertz CT molecular complexity index is 421. The first-order valence-corrected chi connectivity index (χ1v) is 7.10. The number of hydrogen-bond donors (Lipinski definition) is 1. The van der Waals surface area contributed by atoms with E-state index in [1.165, 1.54) is 5.56 Å². The average molecular weight is 309 g/mol. The monoisotopic (exact) mass is 308 g/mol. The number of hydrogen-bond acceptors (Lipinski definition) is 2. The fraction of sp³-hybridized carbons (Fsp3) is 0.533. The molecule has 0 aliphatic heterocycles. The molecular weight excluding hydrogens is 288 g/mol. The molecule has 18 heavy (non-hydrogen) atoms. The van der Waals surface area contributed by atoms with E-state index >= 15 is 0 Å². The molecular formula is C15H21BrN2. The van der Waals surface area contributed by atoms with Crippen LogP contribution < -0.4 is 5.32 Å². The average Bonchev–Trinajstić information content (AvgIpc) is 2.34. The molecule has 3 heteroatoms. The summed E-state index contributed by atoms with van der Waals surface area (Å²) in [6.07, 6.45) is 1.55. The molecule has 2 nitrogen and oxygen atoms in total. The molecule has 1 rings (SSSR count). The molecule has 0 unspecified atom stereocenters. The minimum absolute atomic E-state index is 0.158. The van der Waals surface area contributed by atoms with Gasteiger partial charge in [-0.05, 0) is 30.4 Å². The van der Waals surface area contributed by atoms with Crippen LogP contribution in [0.3, 0.4) is 0 Å². The van der Waals surface area contributed by atoms with Gasteiger partial charge in [-0.1, -0.05) is 48.0 Å². The SMILES string of the molecule is C[C@H](NCC(C)(C)CCC#N)c1ccccc1Br. The van der Waals surface area contributed by atoms with E-state index in [9.17, 15) is 0 Å². The van der Waals surface area contributed by atoms with Gasteiger partial charge in [0.1, 0.15) is 0 Å². The summed E-state index contributed by atoms with van der Waals surface area (Å²) in [5, 5.41) is 12.2. The Balaban J connectivity index is 2.54. The van der Waals surface area contributed by atoms with Crippen molar-refractivity contribution in [3.63, 3.8) is 0 Å². The predicted molar refractivity (Wildman–Crippen MR) is 79.2 cm³/mol. The topological polar surface area (TPSA) is 35.8 Å². The maximum absolute atomic E-state index is 8.64. The highest BCUT2D eigenvalue weighted by atomic mass is 79.9. The van der Waals surface area contributed by atoms with Crippen molar-refractivity contribution in [2.45, 2.75) is 39.7 Å². The number of rotatable bonds is 6. The van der Waals surface area contributed by atoms with Crippen molar-refractivity contribution in [2.24, 2.45) is 5.41 Å². The number of nitrogens with one attached hydrogen (secondary N) is 1. The zero-order chi connectivity index (χ0) is 13.6. The largest absolute Gasteiger partial charge is 0.310 e. The molecule has 0 spiro atoms. The molecule has 98 valence electrons. The molecule has 0 radical (unpaired) electrons. The minimum Gasteiger partial charge on any atom is -0.310 e. The van der Waals surface area contributed by atoms with Gasteiger partial charge < -0.3 is 5.32 Å². The van der Waals surface area contributed by atoms with Gasteiger partial charge in [-0.2, -0.15) is 5.26 Å². The lowest BCUT2D eigenvalue weighted by Crippen LogP contribution is -2.31. The lowest BCUT2D eigenvalue weighted by molar-refractivity contribution is 0.304. The van der Waals surface area contributed by atoms with E-state index in [0.29, 0.717) is 12.5 Å². The molecule has 0 aromatic heterocycles. The van der Waals surface area contributed by atoms with E-state index in [1.807, 2.05) is 6.07 Å². The van der Waals surface area contributed by atoms with Crippen LogP contribution in [0.4, 0.5) is 0 Å². The molecule has 1 N–H and O–H groups in total. The smallest absolute Gasteiger partial charge is 0.0621 e. The van der Waals surface area contributed by atoms with E-state index in [4.69, 9.17) is 5.26 Å². The third-order valence-electron chi connectivity index (χ3n) is 3.17. The Kier molecular flexibility index (Phi) is 5.84. The number of halogens is 1. The Morgan fingerprint density at radius 3 is 2.67 bits per heavy atom. The van der Waals surface area contributed by atoms with Crippen molar-refractivity contribution in [1.29, 1.82) is 5.26 Å². The number of nitrogens with zero attached hydrogens (tertiary/aromatic N) is 1. The summed E-state index contributed by atoms with van der Waals surface area (Å²) in [5.74, 6) is 0. The van der Waals surface area contributed by atoms with E-state index < -0.39 is 0 Å². The quantitative estimate of drug-likeness (QED) is 0.844. The number of benzene rings is 1. The van der Waals surface area contributed by atoms with Gasteiger partial charge in [0, 0.05) is 23.5 Å². The molecule has 0 bridgehead atoms. The highest BCUT2D eigenvalue weighted by molar-refractivity contribution is 9.10. The Morgan fingerprint density at radius 1 is 1.39 bits per heavy atom. The minimum atomic E-state index is 0.158. The highest BCUT2D eigenvalue weighted by Crippen LogP contribution is 2.25. The Hall–Kier alpha value is -0.850. The fourth-order valence-electron chi connectivity index (χ4n) is 1.85. The van der Waals surface area contributed by atoms with Crippen molar-refractivity contribution in [1.82, 2.24) is 5.32 Å². The molecule has 0 fully saturated rings. The van der Waals surface area contributed by atoms with Crippen LogP contribution in [0.1, 0.15) is 45.2 Å². The van der Waals surface area contributed by atoms with Crippen molar-refractivity contribution in [3.05, 3.63) is 34.3 Å². The van der Waals surface area contributed by atoms with E-state index in [0.717, 1.165) is 17.4 Å². The first-order valence-electron chi connectivity index (χ1n) is 6.31. The first kappa shape index (κ1) is 15.2. The normalized spacial score (nSPS) is 13.1. The summed E-state index contributed by atoms with van der Waals surface area (Å²) >= 11 is 3.58. The van der Waals surface area contributed by atoms with Crippen LogP contribution in [0.5, 0.6) is 0 Å².